The molecule has 0 aliphatic rings. The molecule has 0 amide bonds. The Hall–Kier alpha value is -1.62. The van der Waals surface area contributed by atoms with Gasteiger partial charge >= 0.3 is 0 Å². The molecule has 0 spiro atoms. The number of rotatable bonds is 5. The molecule has 1 heterocycles. The van der Waals surface area contributed by atoms with E-state index in [2.05, 4.69) is 24.5 Å². The van der Waals surface area contributed by atoms with Gasteiger partial charge in [0.1, 0.15) is 0 Å². The van der Waals surface area contributed by atoms with Crippen molar-refractivity contribution in [2.75, 3.05) is 6.61 Å². The third kappa shape index (κ3) is 7.46. The lowest BCUT2D eigenvalue weighted by Gasteiger charge is -2.13. The van der Waals surface area contributed by atoms with E-state index in [4.69, 9.17) is 10.8 Å². The Labute approximate surface area is 144 Å². The number of nitrogens with two attached hydrogens (primary N) is 1. The summed E-state index contributed by atoms with van der Waals surface area (Å²) in [5.74, 6) is 0. The van der Waals surface area contributed by atoms with E-state index < -0.39 is 0 Å². The van der Waals surface area contributed by atoms with Gasteiger partial charge in [-0.05, 0) is 42.7 Å². The Balaban J connectivity index is 0.000000313. The zero-order valence-corrected chi connectivity index (χ0v) is 14.7. The van der Waals surface area contributed by atoms with E-state index in [0.29, 0.717) is 0 Å². The van der Waals surface area contributed by atoms with Crippen LogP contribution in [0.25, 0.3) is 6.08 Å². The highest BCUT2D eigenvalue weighted by Crippen LogP contribution is 2.16. The van der Waals surface area contributed by atoms with Crippen molar-refractivity contribution in [2.45, 2.75) is 37.6 Å². The maximum absolute atomic E-state index is 9.10. The molecule has 0 saturated heterocycles. The normalized spacial score (nSPS) is 12.3. The van der Waals surface area contributed by atoms with Crippen molar-refractivity contribution in [3.63, 3.8) is 0 Å². The molecule has 1 aromatic carbocycles. The summed E-state index contributed by atoms with van der Waals surface area (Å²) in [6.07, 6.45) is 7.59. The second kappa shape index (κ2) is 11.0. The predicted octanol–water partition coefficient (Wildman–Crippen LogP) is 3.87. The molecule has 2 rings (SSSR count). The van der Waals surface area contributed by atoms with Gasteiger partial charge in [-0.25, -0.2) is 0 Å². The highest BCUT2D eigenvalue weighted by molar-refractivity contribution is 7.80. The number of pyridine rings is 1. The lowest BCUT2D eigenvalue weighted by atomic mass is 9.99. The molecule has 2 aromatic rings. The minimum atomic E-state index is -0.264. The molecule has 0 aliphatic carbocycles. The van der Waals surface area contributed by atoms with E-state index >= 15 is 0 Å². The van der Waals surface area contributed by atoms with Crippen LogP contribution in [0, 0.1) is 6.92 Å². The molecule has 0 bridgehead atoms. The molecule has 3 nitrogen and oxygen atoms in total. The molecular weight excluding hydrogens is 304 g/mol. The highest BCUT2D eigenvalue weighted by atomic mass is 32.1. The van der Waals surface area contributed by atoms with Gasteiger partial charge in [-0.15, -0.1) is 12.6 Å². The van der Waals surface area contributed by atoms with Crippen LogP contribution in [0.5, 0.6) is 0 Å². The number of aliphatic hydroxyl groups is 1. The third-order valence-corrected chi connectivity index (χ3v) is 3.69. The molecule has 1 atom stereocenters. The number of aryl methyl sites for hydroxylation is 1. The fraction of sp³-hybridized carbons (Fsp3) is 0.316. The topological polar surface area (TPSA) is 59.1 Å². The Morgan fingerprint density at radius 1 is 1.30 bits per heavy atom. The highest BCUT2D eigenvalue weighted by Gasteiger charge is 2.07. The van der Waals surface area contributed by atoms with Crippen LogP contribution in [0.2, 0.25) is 0 Å². The molecule has 4 heteroatoms. The SMILES string of the molecule is CCC/C(=C\c1cnccc1C)C(N)CO.Sc1ccccc1. The van der Waals surface area contributed by atoms with Crippen LogP contribution < -0.4 is 5.73 Å². The van der Waals surface area contributed by atoms with Gasteiger partial charge in [0.25, 0.3) is 0 Å². The van der Waals surface area contributed by atoms with Crippen molar-refractivity contribution in [3.8, 4) is 0 Å². The number of nitrogens with zero attached hydrogens (tertiary/aromatic N) is 1. The lowest BCUT2D eigenvalue weighted by Crippen LogP contribution is -2.26. The molecule has 0 radical (unpaired) electrons. The summed E-state index contributed by atoms with van der Waals surface area (Å²) in [7, 11) is 0. The lowest BCUT2D eigenvalue weighted by molar-refractivity contribution is 0.278. The van der Waals surface area contributed by atoms with Crippen molar-refractivity contribution in [1.82, 2.24) is 4.98 Å². The van der Waals surface area contributed by atoms with Gasteiger partial charge in [0.05, 0.1) is 6.61 Å². The molecule has 124 valence electrons. The average molecular weight is 330 g/mol. The molecule has 23 heavy (non-hydrogen) atoms. The van der Waals surface area contributed by atoms with Crippen LogP contribution in [-0.4, -0.2) is 22.7 Å². The third-order valence-electron chi connectivity index (χ3n) is 3.39. The minimum absolute atomic E-state index is 0.00879. The van der Waals surface area contributed by atoms with Crippen molar-refractivity contribution in [1.29, 1.82) is 0 Å². The molecule has 1 aromatic heterocycles. The van der Waals surface area contributed by atoms with Crippen LogP contribution in [0.3, 0.4) is 0 Å². The molecule has 1 unspecified atom stereocenters. The van der Waals surface area contributed by atoms with Crippen LogP contribution in [0.15, 0.2) is 59.3 Å². The van der Waals surface area contributed by atoms with E-state index in [0.717, 1.165) is 28.9 Å². The second-order valence-corrected chi connectivity index (χ2v) is 5.84. The molecule has 0 fully saturated rings. The van der Waals surface area contributed by atoms with Gasteiger partial charge in [-0.1, -0.05) is 43.2 Å². The second-order valence-electron chi connectivity index (χ2n) is 5.33. The zero-order chi connectivity index (χ0) is 17.1. The van der Waals surface area contributed by atoms with Gasteiger partial charge in [0, 0.05) is 23.3 Å². The Kier molecular flexibility index (Phi) is 9.29. The first kappa shape index (κ1) is 19.4. The van der Waals surface area contributed by atoms with Crippen LogP contribution >= 0.6 is 12.6 Å². The van der Waals surface area contributed by atoms with Gasteiger partial charge in [0.15, 0.2) is 0 Å². The first-order valence-corrected chi connectivity index (χ1v) is 8.24. The van der Waals surface area contributed by atoms with Crippen molar-refractivity contribution in [2.24, 2.45) is 5.73 Å². The Morgan fingerprint density at radius 3 is 2.48 bits per heavy atom. The molecule has 0 saturated carbocycles. The van der Waals surface area contributed by atoms with E-state index in [-0.39, 0.29) is 12.6 Å². The fourth-order valence-corrected chi connectivity index (χ4v) is 2.20. The summed E-state index contributed by atoms with van der Waals surface area (Å²) < 4.78 is 0. The average Bonchev–Trinajstić information content (AvgIpc) is 2.57. The first-order valence-electron chi connectivity index (χ1n) is 7.80. The van der Waals surface area contributed by atoms with Gasteiger partial charge < -0.3 is 10.8 Å². The summed E-state index contributed by atoms with van der Waals surface area (Å²) in [6.45, 7) is 4.14. The number of benzene rings is 1. The summed E-state index contributed by atoms with van der Waals surface area (Å²) >= 11 is 4.08. The molecule has 0 aliphatic heterocycles. The number of aliphatic hydroxyl groups excluding tert-OH is 1. The van der Waals surface area contributed by atoms with Crippen molar-refractivity contribution < 1.29 is 5.11 Å². The maximum Gasteiger partial charge on any atom is 0.0621 e. The van der Waals surface area contributed by atoms with Crippen LogP contribution in [0.4, 0.5) is 0 Å². The molecular formula is C19H26N2OS. The smallest absolute Gasteiger partial charge is 0.0621 e. The summed E-state index contributed by atoms with van der Waals surface area (Å²) in [5.41, 5.74) is 9.20. The summed E-state index contributed by atoms with van der Waals surface area (Å²) in [5, 5.41) is 9.10. The van der Waals surface area contributed by atoms with E-state index in [9.17, 15) is 0 Å². The van der Waals surface area contributed by atoms with Crippen LogP contribution in [0.1, 0.15) is 30.9 Å². The van der Waals surface area contributed by atoms with E-state index in [1.54, 1.807) is 6.20 Å². The zero-order valence-electron chi connectivity index (χ0n) is 13.8. The number of thiol groups is 1. The quantitative estimate of drug-likeness (QED) is 0.729. The summed E-state index contributed by atoms with van der Waals surface area (Å²) in [4.78, 5) is 5.11. The first-order chi connectivity index (χ1) is 11.1. The molecule has 3 N–H and O–H groups in total. The monoisotopic (exact) mass is 330 g/mol. The van der Waals surface area contributed by atoms with Crippen molar-refractivity contribution in [3.05, 3.63) is 65.5 Å². The number of hydrogen-bond donors (Lipinski definition) is 3. The fourth-order valence-electron chi connectivity index (χ4n) is 2.03. The Morgan fingerprint density at radius 2 is 2.00 bits per heavy atom. The van der Waals surface area contributed by atoms with E-state index in [1.165, 1.54) is 5.56 Å². The number of hydrogen-bond acceptors (Lipinski definition) is 4. The summed E-state index contributed by atoms with van der Waals surface area (Å²) in [6, 6.07) is 11.5. The Bertz CT molecular complexity index is 599. The standard InChI is InChI=1S/C13H20N2O.C6H6S/c1-3-4-11(13(14)9-16)7-12-8-15-6-5-10(12)2;7-6-4-2-1-3-5-6/h5-8,13,16H,3-4,9,14H2,1-2H3;1-5,7H/b11-7+;. The van der Waals surface area contributed by atoms with Crippen molar-refractivity contribution >= 4 is 18.7 Å². The minimum Gasteiger partial charge on any atom is -0.394 e. The van der Waals surface area contributed by atoms with Gasteiger partial charge in [0.2, 0.25) is 0 Å². The largest absolute Gasteiger partial charge is 0.394 e. The van der Waals surface area contributed by atoms with E-state index in [1.807, 2.05) is 55.6 Å². The predicted molar refractivity (Wildman–Crippen MR) is 101 cm³/mol. The maximum atomic E-state index is 9.10. The van der Waals surface area contributed by atoms with Crippen LogP contribution in [-0.2, 0) is 0 Å². The van der Waals surface area contributed by atoms with Gasteiger partial charge in [-0.2, -0.15) is 0 Å². The number of aromatic nitrogens is 1. The van der Waals surface area contributed by atoms with Gasteiger partial charge in [-0.3, -0.25) is 4.98 Å².